The molecule has 8 heteroatoms. The molecule has 1 aromatic carbocycles. The van der Waals surface area contributed by atoms with Crippen LogP contribution < -0.4 is 11.0 Å². The van der Waals surface area contributed by atoms with E-state index in [0.29, 0.717) is 30.0 Å². The van der Waals surface area contributed by atoms with Crippen LogP contribution in [0.5, 0.6) is 0 Å². The summed E-state index contributed by atoms with van der Waals surface area (Å²) in [6, 6.07) is 11.9. The number of hydrogen-bond donors (Lipinski definition) is 1. The number of amides is 2. The molecule has 0 bridgehead atoms. The molecule has 0 radical (unpaired) electrons. The maximum atomic E-state index is 12.4. The van der Waals surface area contributed by atoms with Crippen molar-refractivity contribution in [3.05, 3.63) is 64.7 Å². The van der Waals surface area contributed by atoms with Gasteiger partial charge in [0.25, 0.3) is 5.91 Å². The van der Waals surface area contributed by atoms with Gasteiger partial charge in [0.15, 0.2) is 5.65 Å². The summed E-state index contributed by atoms with van der Waals surface area (Å²) in [5, 5.41) is 6.84. The lowest BCUT2D eigenvalue weighted by Crippen LogP contribution is -2.30. The summed E-state index contributed by atoms with van der Waals surface area (Å²) in [4.78, 5) is 38.7. The first-order chi connectivity index (χ1) is 13.0. The van der Waals surface area contributed by atoms with E-state index < -0.39 is 5.91 Å². The third kappa shape index (κ3) is 3.89. The highest BCUT2D eigenvalue weighted by atomic mass is 16.2. The number of nitrogens with zero attached hydrogens (tertiary/aromatic N) is 4. The van der Waals surface area contributed by atoms with E-state index in [1.165, 1.54) is 4.40 Å². The summed E-state index contributed by atoms with van der Waals surface area (Å²) in [6.45, 7) is 4.85. The summed E-state index contributed by atoms with van der Waals surface area (Å²) in [5.74, 6) is -0.486. The molecule has 140 valence electrons. The second kappa shape index (κ2) is 7.86. The molecule has 3 rings (SSSR count). The summed E-state index contributed by atoms with van der Waals surface area (Å²) < 4.78 is 2.48. The fraction of sp³-hybridized carbons (Fsp3) is 0.263. The van der Waals surface area contributed by atoms with Gasteiger partial charge in [0.2, 0.25) is 5.91 Å². The molecule has 0 unspecified atom stereocenters. The molecule has 0 aliphatic carbocycles. The van der Waals surface area contributed by atoms with Crippen molar-refractivity contribution in [1.29, 1.82) is 0 Å². The number of carbonyl (C=O) groups is 2. The van der Waals surface area contributed by atoms with E-state index in [2.05, 4.69) is 10.4 Å². The van der Waals surface area contributed by atoms with Crippen molar-refractivity contribution in [2.75, 3.05) is 18.4 Å². The second-order valence-corrected chi connectivity index (χ2v) is 5.98. The van der Waals surface area contributed by atoms with Crippen LogP contribution in [0, 0.1) is 0 Å². The average molecular weight is 367 g/mol. The zero-order valence-electron chi connectivity index (χ0n) is 15.3. The highest BCUT2D eigenvalue weighted by molar-refractivity contribution is 5.97. The summed E-state index contributed by atoms with van der Waals surface area (Å²) in [6.07, 6.45) is 1.60. The number of aromatic nitrogens is 3. The van der Waals surface area contributed by atoms with Gasteiger partial charge in [-0.05, 0) is 44.2 Å². The minimum Gasteiger partial charge on any atom is -0.339 e. The average Bonchev–Trinajstić information content (AvgIpc) is 2.98. The highest BCUT2D eigenvalue weighted by Gasteiger charge is 2.14. The van der Waals surface area contributed by atoms with Crippen molar-refractivity contribution in [3.8, 4) is 0 Å². The van der Waals surface area contributed by atoms with E-state index in [1.807, 2.05) is 13.8 Å². The normalized spacial score (nSPS) is 10.7. The predicted octanol–water partition coefficient (Wildman–Crippen LogP) is 1.62. The van der Waals surface area contributed by atoms with E-state index in [4.69, 9.17) is 0 Å². The quantitative estimate of drug-likeness (QED) is 0.717. The standard InChI is InChI=1S/C19H21N5O3/c1-3-22(4-2)18(26)14-8-7-9-15(12-14)20-17(25)13-24-19(27)23-11-6-5-10-16(23)21-24/h5-12H,3-4,13H2,1-2H3,(H,20,25). The molecule has 1 N–H and O–H groups in total. The number of carbonyl (C=O) groups excluding carboxylic acids is 2. The Morgan fingerprint density at radius 3 is 2.59 bits per heavy atom. The molecule has 0 saturated heterocycles. The third-order valence-corrected chi connectivity index (χ3v) is 4.23. The fourth-order valence-electron chi connectivity index (χ4n) is 2.83. The first-order valence-corrected chi connectivity index (χ1v) is 8.77. The summed E-state index contributed by atoms with van der Waals surface area (Å²) >= 11 is 0. The SMILES string of the molecule is CCN(CC)C(=O)c1cccc(NC(=O)Cn2nc3ccccn3c2=O)c1. The van der Waals surface area contributed by atoms with Crippen LogP contribution in [0.15, 0.2) is 53.5 Å². The maximum absolute atomic E-state index is 12.4. The Morgan fingerprint density at radius 2 is 1.89 bits per heavy atom. The Morgan fingerprint density at radius 1 is 1.11 bits per heavy atom. The minimum atomic E-state index is -0.395. The van der Waals surface area contributed by atoms with Crippen LogP contribution in [-0.2, 0) is 11.3 Å². The van der Waals surface area contributed by atoms with Crippen LogP contribution in [0.25, 0.3) is 5.65 Å². The monoisotopic (exact) mass is 367 g/mol. The van der Waals surface area contributed by atoms with Gasteiger partial charge in [-0.3, -0.25) is 14.0 Å². The molecule has 2 heterocycles. The Bertz CT molecular complexity index is 1030. The summed E-state index contributed by atoms with van der Waals surface area (Å²) in [5.41, 5.74) is 1.09. The van der Waals surface area contributed by atoms with Crippen LogP contribution in [0.4, 0.5) is 5.69 Å². The highest BCUT2D eigenvalue weighted by Crippen LogP contribution is 2.13. The first-order valence-electron chi connectivity index (χ1n) is 8.77. The van der Waals surface area contributed by atoms with Crippen molar-refractivity contribution in [2.45, 2.75) is 20.4 Å². The lowest BCUT2D eigenvalue weighted by atomic mass is 10.1. The number of hydrogen-bond acceptors (Lipinski definition) is 4. The van der Waals surface area contributed by atoms with Gasteiger partial charge in [0.1, 0.15) is 6.54 Å². The lowest BCUT2D eigenvalue weighted by molar-refractivity contribution is -0.117. The van der Waals surface area contributed by atoms with E-state index in [9.17, 15) is 14.4 Å². The molecule has 0 fully saturated rings. The van der Waals surface area contributed by atoms with Crippen LogP contribution in [0.3, 0.4) is 0 Å². The van der Waals surface area contributed by atoms with E-state index >= 15 is 0 Å². The molecule has 2 amide bonds. The third-order valence-electron chi connectivity index (χ3n) is 4.23. The van der Waals surface area contributed by atoms with Crippen LogP contribution in [0.1, 0.15) is 24.2 Å². The number of anilines is 1. The topological polar surface area (TPSA) is 88.7 Å². The minimum absolute atomic E-state index is 0.0901. The number of fused-ring (bicyclic) bond motifs is 1. The largest absolute Gasteiger partial charge is 0.350 e. The number of nitrogens with one attached hydrogen (secondary N) is 1. The van der Waals surface area contributed by atoms with Crippen molar-refractivity contribution in [1.82, 2.24) is 19.1 Å². The zero-order valence-corrected chi connectivity index (χ0v) is 15.3. The lowest BCUT2D eigenvalue weighted by Gasteiger charge is -2.19. The molecular weight excluding hydrogens is 346 g/mol. The van der Waals surface area contributed by atoms with Crippen LogP contribution in [-0.4, -0.2) is 44.0 Å². The number of pyridine rings is 1. The molecule has 27 heavy (non-hydrogen) atoms. The van der Waals surface area contributed by atoms with E-state index in [1.54, 1.807) is 53.6 Å². The Labute approximate surface area is 156 Å². The van der Waals surface area contributed by atoms with Crippen molar-refractivity contribution in [3.63, 3.8) is 0 Å². The Hall–Kier alpha value is -3.42. The number of benzene rings is 1. The van der Waals surface area contributed by atoms with E-state index in [0.717, 1.165) is 4.68 Å². The predicted molar refractivity (Wildman–Crippen MR) is 102 cm³/mol. The molecule has 8 nitrogen and oxygen atoms in total. The molecule has 3 aromatic rings. The molecule has 0 saturated carbocycles. The molecular formula is C19H21N5O3. The molecule has 0 aliphatic rings. The number of rotatable bonds is 6. The van der Waals surface area contributed by atoms with Crippen LogP contribution in [0.2, 0.25) is 0 Å². The van der Waals surface area contributed by atoms with Crippen molar-refractivity contribution >= 4 is 23.1 Å². The molecule has 0 atom stereocenters. The first kappa shape index (κ1) is 18.4. The van der Waals surface area contributed by atoms with Gasteiger partial charge in [-0.1, -0.05) is 12.1 Å². The molecule has 0 aliphatic heterocycles. The van der Waals surface area contributed by atoms with Crippen molar-refractivity contribution < 1.29 is 9.59 Å². The zero-order chi connectivity index (χ0) is 19.4. The smallest absolute Gasteiger partial charge is 0.339 e. The van der Waals surface area contributed by atoms with E-state index in [-0.39, 0.29) is 18.1 Å². The fourth-order valence-corrected chi connectivity index (χ4v) is 2.83. The van der Waals surface area contributed by atoms with Gasteiger partial charge in [0, 0.05) is 30.5 Å². The van der Waals surface area contributed by atoms with Gasteiger partial charge in [-0.2, -0.15) is 0 Å². The molecule has 0 spiro atoms. The van der Waals surface area contributed by atoms with Crippen molar-refractivity contribution in [2.24, 2.45) is 0 Å². The van der Waals surface area contributed by atoms with Crippen LogP contribution >= 0.6 is 0 Å². The maximum Gasteiger partial charge on any atom is 0.350 e. The Kier molecular flexibility index (Phi) is 5.35. The Balaban J connectivity index is 1.74. The van der Waals surface area contributed by atoms with Gasteiger partial charge in [-0.15, -0.1) is 5.10 Å². The molecule has 2 aromatic heterocycles. The summed E-state index contributed by atoms with van der Waals surface area (Å²) in [7, 11) is 0. The van der Waals surface area contributed by atoms with Gasteiger partial charge < -0.3 is 10.2 Å². The van der Waals surface area contributed by atoms with Gasteiger partial charge in [-0.25, -0.2) is 9.48 Å². The van der Waals surface area contributed by atoms with Gasteiger partial charge in [0.05, 0.1) is 0 Å². The second-order valence-electron chi connectivity index (χ2n) is 5.98. The van der Waals surface area contributed by atoms with Gasteiger partial charge >= 0.3 is 5.69 Å².